The van der Waals surface area contributed by atoms with Crippen molar-refractivity contribution in [1.29, 1.82) is 0 Å². The molecule has 1 aliphatic rings. The van der Waals surface area contributed by atoms with Crippen LogP contribution in [0.5, 0.6) is 0 Å². The van der Waals surface area contributed by atoms with Gasteiger partial charge in [-0.1, -0.05) is 0 Å². The molecule has 1 rings (SSSR count). The summed E-state index contributed by atoms with van der Waals surface area (Å²) in [4.78, 5) is 23.6. The number of carbonyl (C=O) groups is 2. The zero-order chi connectivity index (χ0) is 14.8. The van der Waals surface area contributed by atoms with Gasteiger partial charge < -0.3 is 14.6 Å². The molecule has 1 saturated heterocycles. The molecule has 0 saturated carbocycles. The summed E-state index contributed by atoms with van der Waals surface area (Å²) in [7, 11) is 2.32. The molecule has 1 amide bonds. The number of nitrogens with zero attached hydrogens (tertiary/aromatic N) is 2. The molecule has 0 unspecified atom stereocenters. The maximum atomic E-state index is 10.8. The van der Waals surface area contributed by atoms with Gasteiger partial charge in [0.2, 0.25) is 5.91 Å². The SMILES string of the molecule is CC(=O)NCCC[N+]1(C)CCN(CCCCC=O)CC1. The first-order valence-corrected chi connectivity index (χ1v) is 7.80. The molecular weight excluding hydrogens is 254 g/mol. The van der Waals surface area contributed by atoms with Gasteiger partial charge in [0.1, 0.15) is 6.29 Å². The van der Waals surface area contributed by atoms with Crippen molar-refractivity contribution in [2.45, 2.75) is 32.6 Å². The maximum Gasteiger partial charge on any atom is 0.216 e. The van der Waals surface area contributed by atoms with Crippen molar-refractivity contribution in [3.63, 3.8) is 0 Å². The third-order valence-corrected chi connectivity index (χ3v) is 4.21. The van der Waals surface area contributed by atoms with Crippen LogP contribution in [-0.2, 0) is 9.59 Å². The van der Waals surface area contributed by atoms with Crippen LogP contribution in [0.25, 0.3) is 0 Å². The highest BCUT2D eigenvalue weighted by Crippen LogP contribution is 2.11. The number of piperazine rings is 1. The quantitative estimate of drug-likeness (QED) is 0.384. The van der Waals surface area contributed by atoms with Crippen molar-refractivity contribution in [2.75, 3.05) is 52.9 Å². The Bertz CT molecular complexity index is 299. The van der Waals surface area contributed by atoms with Crippen LogP contribution in [0.1, 0.15) is 32.6 Å². The minimum atomic E-state index is 0.0628. The largest absolute Gasteiger partial charge is 0.356 e. The van der Waals surface area contributed by atoms with Gasteiger partial charge in [-0.2, -0.15) is 0 Å². The highest BCUT2D eigenvalue weighted by Gasteiger charge is 2.27. The zero-order valence-electron chi connectivity index (χ0n) is 13.1. The lowest BCUT2D eigenvalue weighted by Gasteiger charge is -2.42. The molecule has 0 spiro atoms. The number of aldehydes is 1. The van der Waals surface area contributed by atoms with Crippen molar-refractivity contribution in [1.82, 2.24) is 10.2 Å². The number of likely N-dealkylation sites (N-methyl/N-ethyl adjacent to an activating group) is 1. The Labute approximate surface area is 122 Å². The molecule has 1 aliphatic heterocycles. The van der Waals surface area contributed by atoms with Crippen molar-refractivity contribution >= 4 is 12.2 Å². The number of amides is 1. The minimum absolute atomic E-state index is 0.0628. The highest BCUT2D eigenvalue weighted by atomic mass is 16.1. The lowest BCUT2D eigenvalue weighted by Crippen LogP contribution is -2.57. The van der Waals surface area contributed by atoms with Gasteiger partial charge in [-0.25, -0.2) is 0 Å². The van der Waals surface area contributed by atoms with Crippen LogP contribution in [-0.4, -0.2) is 74.4 Å². The van der Waals surface area contributed by atoms with Crippen LogP contribution in [0.3, 0.4) is 0 Å². The first-order chi connectivity index (χ1) is 9.56. The third-order valence-electron chi connectivity index (χ3n) is 4.21. The molecule has 0 aliphatic carbocycles. The summed E-state index contributed by atoms with van der Waals surface area (Å²) >= 11 is 0. The first-order valence-electron chi connectivity index (χ1n) is 7.80. The fourth-order valence-corrected chi connectivity index (χ4v) is 2.72. The van der Waals surface area contributed by atoms with E-state index in [0.29, 0.717) is 6.42 Å². The second-order valence-electron chi connectivity index (χ2n) is 6.13. The van der Waals surface area contributed by atoms with Gasteiger partial charge in [0.05, 0.1) is 26.7 Å². The summed E-state index contributed by atoms with van der Waals surface area (Å²) in [6.07, 6.45) is 4.91. The number of rotatable bonds is 9. The molecule has 0 aromatic carbocycles. The van der Waals surface area contributed by atoms with Crippen LogP contribution in [0.4, 0.5) is 0 Å². The highest BCUT2D eigenvalue weighted by molar-refractivity contribution is 5.72. The van der Waals surface area contributed by atoms with Crippen molar-refractivity contribution in [2.24, 2.45) is 0 Å². The van der Waals surface area contributed by atoms with E-state index in [4.69, 9.17) is 0 Å². The van der Waals surface area contributed by atoms with E-state index in [2.05, 4.69) is 17.3 Å². The molecule has 1 N–H and O–H groups in total. The van der Waals surface area contributed by atoms with Gasteiger partial charge in [-0.15, -0.1) is 0 Å². The number of carbonyl (C=O) groups excluding carboxylic acids is 2. The van der Waals surface area contributed by atoms with E-state index in [1.165, 1.54) is 13.1 Å². The Morgan fingerprint density at radius 1 is 1.25 bits per heavy atom. The van der Waals surface area contributed by atoms with E-state index in [1.807, 2.05) is 0 Å². The monoisotopic (exact) mass is 284 g/mol. The smallest absolute Gasteiger partial charge is 0.216 e. The number of hydrogen-bond acceptors (Lipinski definition) is 3. The van der Waals surface area contributed by atoms with Crippen LogP contribution < -0.4 is 5.32 Å². The molecule has 0 radical (unpaired) electrons. The lowest BCUT2D eigenvalue weighted by molar-refractivity contribution is -0.913. The van der Waals surface area contributed by atoms with Gasteiger partial charge in [0.15, 0.2) is 0 Å². The van der Waals surface area contributed by atoms with Gasteiger partial charge in [-0.3, -0.25) is 9.69 Å². The summed E-state index contributed by atoms with van der Waals surface area (Å²) in [6, 6.07) is 0. The fourth-order valence-electron chi connectivity index (χ4n) is 2.72. The zero-order valence-corrected chi connectivity index (χ0v) is 13.1. The number of quaternary nitrogens is 1. The standard InChI is InChI=1S/C15H29N3O2/c1-15(20)16-7-6-11-18(2)12-9-17(10-13-18)8-4-3-5-14-19/h14H,3-13H2,1-2H3/p+1. The molecule has 0 atom stereocenters. The molecule has 1 fully saturated rings. The van der Waals surface area contributed by atoms with Crippen LogP contribution in [0.15, 0.2) is 0 Å². The normalized spacial score (nSPS) is 18.7. The predicted octanol–water partition coefficient (Wildman–Crippen LogP) is 0.644. The molecule has 0 aromatic rings. The van der Waals surface area contributed by atoms with Gasteiger partial charge in [-0.05, 0) is 19.4 Å². The summed E-state index contributed by atoms with van der Waals surface area (Å²) in [5.41, 5.74) is 0. The van der Waals surface area contributed by atoms with Gasteiger partial charge in [0, 0.05) is 39.4 Å². The van der Waals surface area contributed by atoms with Crippen LogP contribution in [0.2, 0.25) is 0 Å². The summed E-state index contributed by atoms with van der Waals surface area (Å²) in [5, 5.41) is 2.86. The summed E-state index contributed by atoms with van der Waals surface area (Å²) in [5.74, 6) is 0.0628. The van der Waals surface area contributed by atoms with Gasteiger partial charge in [0.25, 0.3) is 0 Å². The Morgan fingerprint density at radius 2 is 1.95 bits per heavy atom. The van der Waals surface area contributed by atoms with Gasteiger partial charge >= 0.3 is 0 Å². The first kappa shape index (κ1) is 17.1. The van der Waals surface area contributed by atoms with E-state index in [9.17, 15) is 9.59 Å². The second kappa shape index (κ2) is 9.08. The Hall–Kier alpha value is -0.940. The average molecular weight is 284 g/mol. The number of hydrogen-bond donors (Lipinski definition) is 1. The van der Waals surface area contributed by atoms with Crippen molar-refractivity contribution in [3.8, 4) is 0 Å². The molecule has 0 aromatic heterocycles. The van der Waals surface area contributed by atoms with Crippen LogP contribution >= 0.6 is 0 Å². The van der Waals surface area contributed by atoms with Crippen molar-refractivity contribution < 1.29 is 14.1 Å². The molecule has 5 heteroatoms. The molecule has 0 bridgehead atoms. The Kier molecular flexibility index (Phi) is 7.77. The molecule has 5 nitrogen and oxygen atoms in total. The van der Waals surface area contributed by atoms with E-state index < -0.39 is 0 Å². The average Bonchev–Trinajstić information content (AvgIpc) is 2.42. The van der Waals surface area contributed by atoms with E-state index in [0.717, 1.165) is 62.8 Å². The lowest BCUT2D eigenvalue weighted by atomic mass is 10.2. The Morgan fingerprint density at radius 3 is 2.55 bits per heavy atom. The second-order valence-corrected chi connectivity index (χ2v) is 6.13. The molecule has 1 heterocycles. The minimum Gasteiger partial charge on any atom is -0.356 e. The molecule has 116 valence electrons. The number of unbranched alkanes of at least 4 members (excludes halogenated alkanes) is 2. The number of nitrogens with one attached hydrogen (secondary N) is 1. The summed E-state index contributed by atoms with van der Waals surface area (Å²) in [6.45, 7) is 9.30. The van der Waals surface area contributed by atoms with E-state index in [-0.39, 0.29) is 5.91 Å². The predicted molar refractivity (Wildman–Crippen MR) is 80.4 cm³/mol. The maximum absolute atomic E-state index is 10.8. The topological polar surface area (TPSA) is 49.4 Å². The van der Waals surface area contributed by atoms with E-state index in [1.54, 1.807) is 6.92 Å². The Balaban J connectivity index is 2.12. The van der Waals surface area contributed by atoms with E-state index >= 15 is 0 Å². The van der Waals surface area contributed by atoms with Crippen molar-refractivity contribution in [3.05, 3.63) is 0 Å². The third kappa shape index (κ3) is 7.01. The molecular formula is C15H30N3O2+. The fraction of sp³-hybridized carbons (Fsp3) is 0.867. The molecule has 20 heavy (non-hydrogen) atoms. The van der Waals surface area contributed by atoms with Crippen LogP contribution in [0, 0.1) is 0 Å². The summed E-state index contributed by atoms with van der Waals surface area (Å²) < 4.78 is 1.12.